The Balaban J connectivity index is 2.20. The highest BCUT2D eigenvalue weighted by atomic mass is 79.9. The van der Waals surface area contributed by atoms with Crippen LogP contribution < -0.4 is 5.48 Å². The van der Waals surface area contributed by atoms with Crippen LogP contribution in [0.3, 0.4) is 0 Å². The Bertz CT molecular complexity index is 608. The minimum atomic E-state index is -0.249. The zero-order chi connectivity index (χ0) is 14.0. The summed E-state index contributed by atoms with van der Waals surface area (Å²) in [7, 11) is 0. The summed E-state index contributed by atoms with van der Waals surface area (Å²) < 4.78 is 1.83. The molecule has 4 nitrogen and oxygen atoms in total. The van der Waals surface area contributed by atoms with Crippen molar-refractivity contribution in [3.05, 3.63) is 32.8 Å². The second-order valence-corrected chi connectivity index (χ2v) is 6.36. The maximum Gasteiger partial charge on any atom is 0.277 e. The fraction of sp³-hybridized carbons (Fsp3) is 0.308. The van der Waals surface area contributed by atoms with Gasteiger partial charge in [0.2, 0.25) is 0 Å². The normalized spacial score (nSPS) is 11.2. The average Bonchev–Trinajstić information content (AvgIpc) is 2.72. The van der Waals surface area contributed by atoms with Crippen LogP contribution in [0.2, 0.25) is 0 Å². The van der Waals surface area contributed by atoms with Gasteiger partial charge >= 0.3 is 0 Å². The fourth-order valence-corrected chi connectivity index (χ4v) is 2.32. The Morgan fingerprint density at radius 3 is 2.74 bits per heavy atom. The van der Waals surface area contributed by atoms with Gasteiger partial charge in [0.1, 0.15) is 0 Å². The smallest absolute Gasteiger partial charge is 0.277 e. The molecule has 1 heterocycles. The second-order valence-electron chi connectivity index (χ2n) is 4.65. The molecule has 0 aliphatic rings. The molecule has 0 aliphatic heterocycles. The minimum Gasteiger partial charge on any atom is -0.360 e. The summed E-state index contributed by atoms with van der Waals surface area (Å²) in [5, 5.41) is 0.848. The summed E-state index contributed by atoms with van der Waals surface area (Å²) in [5.41, 5.74) is 3.91. The maximum atomic E-state index is 12.0. The van der Waals surface area contributed by atoms with E-state index in [1.54, 1.807) is 6.20 Å². The topological polar surface area (TPSA) is 54.1 Å². The highest BCUT2D eigenvalue weighted by Crippen LogP contribution is 2.29. The number of hydroxylamine groups is 1. The maximum absolute atomic E-state index is 12.0. The van der Waals surface area contributed by atoms with Gasteiger partial charge in [0.25, 0.3) is 5.91 Å². The van der Waals surface area contributed by atoms with Crippen molar-refractivity contribution in [3.8, 4) is 0 Å². The molecule has 6 heteroatoms. The summed E-state index contributed by atoms with van der Waals surface area (Å²) >= 11 is 6.86. The second kappa shape index (κ2) is 6.07. The van der Waals surface area contributed by atoms with Crippen LogP contribution >= 0.6 is 31.9 Å². The van der Waals surface area contributed by atoms with E-state index in [2.05, 4.69) is 42.3 Å². The Morgan fingerprint density at radius 2 is 2.05 bits per heavy atom. The van der Waals surface area contributed by atoms with Crippen LogP contribution in [0.25, 0.3) is 10.9 Å². The fourth-order valence-electron chi connectivity index (χ4n) is 1.63. The van der Waals surface area contributed by atoms with Crippen LogP contribution in [0.15, 0.2) is 27.3 Å². The van der Waals surface area contributed by atoms with Gasteiger partial charge in [-0.05, 0) is 49.9 Å². The van der Waals surface area contributed by atoms with Crippen LogP contribution in [0.4, 0.5) is 0 Å². The molecule has 0 spiro atoms. The molecular weight excluding hydrogens is 376 g/mol. The predicted octanol–water partition coefficient (Wildman–Crippen LogP) is 4.01. The molecule has 102 valence electrons. The van der Waals surface area contributed by atoms with Gasteiger partial charge in [0.15, 0.2) is 0 Å². The van der Waals surface area contributed by atoms with E-state index >= 15 is 0 Å². The zero-order valence-electron chi connectivity index (χ0n) is 10.6. The van der Waals surface area contributed by atoms with Gasteiger partial charge in [-0.2, -0.15) is 0 Å². The van der Waals surface area contributed by atoms with E-state index in [1.165, 1.54) is 0 Å². The third-order valence-electron chi connectivity index (χ3n) is 2.55. The van der Waals surface area contributed by atoms with Gasteiger partial charge in [-0.15, -0.1) is 0 Å². The lowest BCUT2D eigenvalue weighted by molar-refractivity contribution is 0.0210. The van der Waals surface area contributed by atoms with Gasteiger partial charge < -0.3 is 4.98 Å². The molecule has 0 unspecified atom stereocenters. The first kappa shape index (κ1) is 14.6. The number of nitrogens with one attached hydrogen (secondary N) is 2. The van der Waals surface area contributed by atoms with E-state index in [1.807, 2.05) is 26.0 Å². The number of amides is 1. The quantitative estimate of drug-likeness (QED) is 0.776. The lowest BCUT2D eigenvalue weighted by atomic mass is 10.2. The summed E-state index contributed by atoms with van der Waals surface area (Å²) in [6, 6.07) is 3.82. The Hall–Kier alpha value is -0.850. The van der Waals surface area contributed by atoms with Gasteiger partial charge in [-0.25, -0.2) is 5.48 Å². The lowest BCUT2D eigenvalue weighted by Gasteiger charge is -2.07. The molecule has 1 amide bonds. The number of hydrogen-bond acceptors (Lipinski definition) is 2. The molecular formula is C13H14Br2N2O2. The highest BCUT2D eigenvalue weighted by Gasteiger charge is 2.13. The Kier molecular flexibility index (Phi) is 4.65. The van der Waals surface area contributed by atoms with Gasteiger partial charge in [-0.1, -0.05) is 13.8 Å². The number of hydrogen-bond donors (Lipinski definition) is 2. The number of carbonyl (C=O) groups excluding carboxylic acids is 1. The Morgan fingerprint density at radius 1 is 1.37 bits per heavy atom. The van der Waals surface area contributed by atoms with Crippen molar-refractivity contribution in [1.82, 2.24) is 10.5 Å². The van der Waals surface area contributed by atoms with Crippen molar-refractivity contribution in [2.75, 3.05) is 6.61 Å². The number of benzene rings is 1. The average molecular weight is 390 g/mol. The first-order chi connectivity index (χ1) is 8.99. The molecule has 2 rings (SSSR count). The van der Waals surface area contributed by atoms with E-state index in [0.29, 0.717) is 18.1 Å². The number of H-pyrrole nitrogens is 1. The molecule has 0 fully saturated rings. The van der Waals surface area contributed by atoms with Gasteiger partial charge in [0, 0.05) is 26.0 Å². The number of aromatic amines is 1. The third kappa shape index (κ3) is 3.38. The largest absolute Gasteiger partial charge is 0.360 e. The first-order valence-electron chi connectivity index (χ1n) is 5.87. The number of rotatable bonds is 4. The third-order valence-corrected chi connectivity index (χ3v) is 4.39. The Labute approximate surface area is 128 Å². The number of carbonyl (C=O) groups is 1. The van der Waals surface area contributed by atoms with Crippen molar-refractivity contribution in [2.45, 2.75) is 13.8 Å². The van der Waals surface area contributed by atoms with Gasteiger partial charge in [-0.3, -0.25) is 9.63 Å². The molecule has 1 aromatic carbocycles. The van der Waals surface area contributed by atoms with Crippen LogP contribution in [0.5, 0.6) is 0 Å². The lowest BCUT2D eigenvalue weighted by Crippen LogP contribution is -2.25. The van der Waals surface area contributed by atoms with E-state index in [0.717, 1.165) is 19.8 Å². The molecule has 2 aromatic rings. The molecule has 0 saturated heterocycles. The van der Waals surface area contributed by atoms with Crippen LogP contribution in [-0.2, 0) is 4.84 Å². The van der Waals surface area contributed by atoms with Crippen LogP contribution in [0, 0.1) is 5.92 Å². The van der Waals surface area contributed by atoms with E-state index in [9.17, 15) is 4.79 Å². The van der Waals surface area contributed by atoms with Crippen molar-refractivity contribution < 1.29 is 9.63 Å². The first-order valence-corrected chi connectivity index (χ1v) is 7.46. The number of fused-ring (bicyclic) bond motifs is 1. The number of halogens is 2. The molecule has 1 aromatic heterocycles. The van der Waals surface area contributed by atoms with E-state index in [-0.39, 0.29) is 5.91 Å². The van der Waals surface area contributed by atoms with Crippen molar-refractivity contribution in [1.29, 1.82) is 0 Å². The van der Waals surface area contributed by atoms with E-state index < -0.39 is 0 Å². The molecule has 0 saturated carbocycles. The minimum absolute atomic E-state index is 0.249. The summed E-state index contributed by atoms with van der Waals surface area (Å²) in [6.07, 6.45) is 1.68. The predicted molar refractivity (Wildman–Crippen MR) is 82.0 cm³/mol. The summed E-state index contributed by atoms with van der Waals surface area (Å²) in [4.78, 5) is 20.2. The molecule has 2 N–H and O–H groups in total. The number of aromatic nitrogens is 1. The summed E-state index contributed by atoms with van der Waals surface area (Å²) in [6.45, 7) is 4.53. The van der Waals surface area contributed by atoms with Crippen molar-refractivity contribution >= 4 is 48.7 Å². The van der Waals surface area contributed by atoms with Crippen molar-refractivity contribution in [3.63, 3.8) is 0 Å². The molecule has 0 atom stereocenters. The van der Waals surface area contributed by atoms with E-state index in [4.69, 9.17) is 4.84 Å². The standard InChI is InChI=1S/C13H14Br2N2O2/c1-7(2)6-19-17-13(18)9-5-16-12-4-11(15)10(14)3-8(9)12/h3-5,7,16H,6H2,1-2H3,(H,17,18). The SMILES string of the molecule is CC(C)CONC(=O)c1c[nH]c2cc(Br)c(Br)cc12. The molecule has 19 heavy (non-hydrogen) atoms. The highest BCUT2D eigenvalue weighted by molar-refractivity contribution is 9.13. The van der Waals surface area contributed by atoms with Crippen LogP contribution in [-0.4, -0.2) is 17.5 Å². The molecule has 0 radical (unpaired) electrons. The molecule has 0 bridgehead atoms. The zero-order valence-corrected chi connectivity index (χ0v) is 13.8. The van der Waals surface area contributed by atoms with Crippen LogP contribution in [0.1, 0.15) is 24.2 Å². The molecule has 0 aliphatic carbocycles. The summed E-state index contributed by atoms with van der Waals surface area (Å²) in [5.74, 6) is 0.120. The van der Waals surface area contributed by atoms with Gasteiger partial charge in [0.05, 0.1) is 12.2 Å². The van der Waals surface area contributed by atoms with Crippen molar-refractivity contribution in [2.24, 2.45) is 5.92 Å². The monoisotopic (exact) mass is 388 g/mol.